The number of ketones is 1. The van der Waals surface area contributed by atoms with Crippen LogP contribution in [0.4, 0.5) is 0 Å². The first-order chi connectivity index (χ1) is 8.38. The van der Waals surface area contributed by atoms with Crippen molar-refractivity contribution in [3.8, 4) is 0 Å². The molecule has 0 amide bonds. The molecule has 0 saturated carbocycles. The number of carbonyl (C=O) groups excluding carboxylic acids is 2. The van der Waals surface area contributed by atoms with Gasteiger partial charge < -0.3 is 15.0 Å². The average Bonchev–Trinajstić information content (AvgIpc) is 2.61. The van der Waals surface area contributed by atoms with E-state index < -0.39 is 5.97 Å². The molecule has 0 atom stereocenters. The molecule has 1 aromatic rings. The van der Waals surface area contributed by atoms with Gasteiger partial charge in [-0.2, -0.15) is 0 Å². The summed E-state index contributed by atoms with van der Waals surface area (Å²) in [6.45, 7) is 7.74. The lowest BCUT2D eigenvalue weighted by molar-refractivity contribution is 0.0594. The Labute approximate surface area is 107 Å². The van der Waals surface area contributed by atoms with Crippen LogP contribution >= 0.6 is 0 Å². The molecule has 5 heteroatoms. The van der Waals surface area contributed by atoms with Crippen LogP contribution < -0.4 is 5.32 Å². The first-order valence-electron chi connectivity index (χ1n) is 5.92. The molecule has 0 fully saturated rings. The van der Waals surface area contributed by atoms with Crippen molar-refractivity contribution in [2.75, 3.05) is 13.7 Å². The normalized spacial score (nSPS) is 10.8. The molecule has 0 aromatic carbocycles. The highest BCUT2D eigenvalue weighted by atomic mass is 16.5. The van der Waals surface area contributed by atoms with Crippen LogP contribution in [-0.4, -0.2) is 36.4 Å². The lowest BCUT2D eigenvalue weighted by Crippen LogP contribution is -2.29. The maximum absolute atomic E-state index is 12.1. The third-order valence-corrected chi connectivity index (χ3v) is 2.78. The van der Waals surface area contributed by atoms with Crippen LogP contribution in [0, 0.1) is 13.8 Å². The zero-order valence-corrected chi connectivity index (χ0v) is 11.5. The van der Waals surface area contributed by atoms with E-state index in [1.165, 1.54) is 7.11 Å². The second kappa shape index (κ2) is 5.82. The number of aromatic nitrogens is 1. The van der Waals surface area contributed by atoms with Crippen molar-refractivity contribution in [3.63, 3.8) is 0 Å². The molecule has 0 unspecified atom stereocenters. The minimum Gasteiger partial charge on any atom is -0.464 e. The SMILES string of the molecule is COC(=O)c1[nH]c(C)c(C(=O)CNC(C)C)c1C. The Hall–Kier alpha value is -1.62. The molecule has 1 rings (SSSR count). The van der Waals surface area contributed by atoms with Crippen LogP contribution in [0.5, 0.6) is 0 Å². The smallest absolute Gasteiger partial charge is 0.354 e. The van der Waals surface area contributed by atoms with Gasteiger partial charge in [-0.25, -0.2) is 4.79 Å². The van der Waals surface area contributed by atoms with Gasteiger partial charge in [-0.15, -0.1) is 0 Å². The number of rotatable bonds is 5. The van der Waals surface area contributed by atoms with Gasteiger partial charge >= 0.3 is 5.97 Å². The van der Waals surface area contributed by atoms with Gasteiger partial charge in [0.15, 0.2) is 5.78 Å². The fourth-order valence-corrected chi connectivity index (χ4v) is 1.86. The molecule has 1 aromatic heterocycles. The summed E-state index contributed by atoms with van der Waals surface area (Å²) in [5.74, 6) is -0.475. The van der Waals surface area contributed by atoms with Crippen LogP contribution in [0.15, 0.2) is 0 Å². The number of nitrogens with one attached hydrogen (secondary N) is 2. The minimum atomic E-state index is -0.452. The van der Waals surface area contributed by atoms with Crippen LogP contribution in [0.2, 0.25) is 0 Å². The van der Waals surface area contributed by atoms with Crippen molar-refractivity contribution in [1.29, 1.82) is 0 Å². The van der Waals surface area contributed by atoms with Gasteiger partial charge in [0, 0.05) is 17.3 Å². The number of ether oxygens (including phenoxy) is 1. The predicted octanol–water partition coefficient (Wildman–Crippen LogP) is 1.60. The average molecular weight is 252 g/mol. The van der Waals surface area contributed by atoms with Gasteiger partial charge in [0.05, 0.1) is 13.7 Å². The van der Waals surface area contributed by atoms with Crippen molar-refractivity contribution in [2.24, 2.45) is 0 Å². The van der Waals surface area contributed by atoms with Crippen LogP contribution in [-0.2, 0) is 4.74 Å². The maximum Gasteiger partial charge on any atom is 0.354 e. The summed E-state index contributed by atoms with van der Waals surface area (Å²) >= 11 is 0. The number of hydrogen-bond acceptors (Lipinski definition) is 4. The Balaban J connectivity index is 2.99. The summed E-state index contributed by atoms with van der Waals surface area (Å²) in [6.07, 6.45) is 0. The van der Waals surface area contributed by atoms with E-state index in [1.54, 1.807) is 13.8 Å². The lowest BCUT2D eigenvalue weighted by Gasteiger charge is -2.07. The molecule has 0 bridgehead atoms. The van der Waals surface area contributed by atoms with Crippen molar-refractivity contribution in [3.05, 3.63) is 22.5 Å². The van der Waals surface area contributed by atoms with Gasteiger partial charge in [0.1, 0.15) is 5.69 Å². The van der Waals surface area contributed by atoms with Crippen molar-refractivity contribution in [1.82, 2.24) is 10.3 Å². The molecule has 0 aliphatic heterocycles. The number of methoxy groups -OCH3 is 1. The number of esters is 1. The molecular weight excluding hydrogens is 232 g/mol. The van der Waals surface area contributed by atoms with Crippen LogP contribution in [0.3, 0.4) is 0 Å². The van der Waals surface area contributed by atoms with E-state index in [0.717, 1.165) is 0 Å². The van der Waals surface area contributed by atoms with E-state index in [0.29, 0.717) is 22.5 Å². The van der Waals surface area contributed by atoms with Crippen molar-refractivity contribution in [2.45, 2.75) is 33.7 Å². The summed E-state index contributed by atoms with van der Waals surface area (Å²) in [6, 6.07) is 0.244. The molecule has 0 saturated heterocycles. The molecule has 18 heavy (non-hydrogen) atoms. The zero-order valence-electron chi connectivity index (χ0n) is 11.5. The maximum atomic E-state index is 12.1. The Kier molecular flexibility index (Phi) is 4.67. The van der Waals surface area contributed by atoms with E-state index in [9.17, 15) is 9.59 Å². The van der Waals surface area contributed by atoms with E-state index in [2.05, 4.69) is 15.0 Å². The number of aryl methyl sites for hydroxylation is 1. The predicted molar refractivity (Wildman–Crippen MR) is 69.1 cm³/mol. The van der Waals surface area contributed by atoms with E-state index >= 15 is 0 Å². The largest absolute Gasteiger partial charge is 0.464 e. The number of Topliss-reactive ketones (excluding diaryl/α,β-unsaturated/α-hetero) is 1. The summed E-state index contributed by atoms with van der Waals surface area (Å²) in [5, 5.41) is 3.07. The van der Waals surface area contributed by atoms with E-state index in [1.807, 2.05) is 13.8 Å². The first-order valence-corrected chi connectivity index (χ1v) is 5.92. The van der Waals surface area contributed by atoms with Gasteiger partial charge in [-0.1, -0.05) is 13.8 Å². The first kappa shape index (κ1) is 14.4. The fourth-order valence-electron chi connectivity index (χ4n) is 1.86. The second-order valence-electron chi connectivity index (χ2n) is 4.58. The molecule has 1 heterocycles. The Morgan fingerprint density at radius 1 is 1.33 bits per heavy atom. The number of H-pyrrole nitrogens is 1. The van der Waals surface area contributed by atoms with E-state index in [-0.39, 0.29) is 18.4 Å². The highest BCUT2D eigenvalue weighted by Crippen LogP contribution is 2.19. The van der Waals surface area contributed by atoms with Crippen molar-refractivity contribution >= 4 is 11.8 Å². The minimum absolute atomic E-state index is 0.0231. The summed E-state index contributed by atoms with van der Waals surface area (Å²) in [4.78, 5) is 26.5. The van der Waals surface area contributed by atoms with Crippen molar-refractivity contribution < 1.29 is 14.3 Å². The number of carbonyl (C=O) groups is 2. The Morgan fingerprint density at radius 3 is 2.44 bits per heavy atom. The lowest BCUT2D eigenvalue weighted by atomic mass is 10.1. The summed E-state index contributed by atoms with van der Waals surface area (Å²) in [7, 11) is 1.32. The molecule has 2 N–H and O–H groups in total. The topological polar surface area (TPSA) is 71.2 Å². The monoisotopic (exact) mass is 252 g/mol. The molecular formula is C13H20N2O3. The molecule has 0 aliphatic rings. The fraction of sp³-hybridized carbons (Fsp3) is 0.538. The number of aromatic amines is 1. The third-order valence-electron chi connectivity index (χ3n) is 2.78. The highest BCUT2D eigenvalue weighted by Gasteiger charge is 2.21. The third kappa shape index (κ3) is 2.98. The standard InChI is InChI=1S/C13H20N2O3/c1-7(2)14-6-10(16)11-8(3)12(13(17)18-5)15-9(11)4/h7,14-15H,6H2,1-5H3. The zero-order chi connectivity index (χ0) is 13.9. The Morgan fingerprint density at radius 2 is 1.94 bits per heavy atom. The van der Waals surface area contributed by atoms with Gasteiger partial charge in [0.25, 0.3) is 0 Å². The highest BCUT2D eigenvalue weighted by molar-refractivity contribution is 6.03. The Bertz CT molecular complexity index is 461. The quantitative estimate of drug-likeness (QED) is 0.617. The van der Waals surface area contributed by atoms with Crippen LogP contribution in [0.1, 0.15) is 46.0 Å². The molecule has 100 valence electrons. The molecule has 0 spiro atoms. The van der Waals surface area contributed by atoms with Crippen LogP contribution in [0.25, 0.3) is 0 Å². The summed E-state index contributed by atoms with van der Waals surface area (Å²) in [5.41, 5.74) is 2.27. The van der Waals surface area contributed by atoms with Gasteiger partial charge in [-0.3, -0.25) is 4.79 Å². The van der Waals surface area contributed by atoms with E-state index in [4.69, 9.17) is 0 Å². The second-order valence-corrected chi connectivity index (χ2v) is 4.58. The molecule has 0 radical (unpaired) electrons. The summed E-state index contributed by atoms with van der Waals surface area (Å²) < 4.78 is 4.67. The molecule has 0 aliphatic carbocycles. The van der Waals surface area contributed by atoms with Gasteiger partial charge in [-0.05, 0) is 19.4 Å². The number of hydrogen-bond donors (Lipinski definition) is 2. The molecule has 5 nitrogen and oxygen atoms in total. The van der Waals surface area contributed by atoms with Gasteiger partial charge in [0.2, 0.25) is 0 Å².